The monoisotopic (exact) mass is 449 g/mol. The summed E-state index contributed by atoms with van der Waals surface area (Å²) in [5.41, 5.74) is 2.57. The van der Waals surface area contributed by atoms with Crippen molar-refractivity contribution in [1.29, 1.82) is 0 Å². The lowest BCUT2D eigenvalue weighted by Crippen LogP contribution is -2.50. The summed E-state index contributed by atoms with van der Waals surface area (Å²) in [5.74, 6) is -0.0400. The van der Waals surface area contributed by atoms with Crippen LogP contribution < -0.4 is 4.90 Å². The molecule has 1 aromatic heterocycles. The molecule has 174 valence electrons. The Balaban J connectivity index is 1.79. The van der Waals surface area contributed by atoms with Gasteiger partial charge in [-0.15, -0.1) is 0 Å². The normalized spacial score (nSPS) is 22.5. The molecule has 3 heterocycles. The van der Waals surface area contributed by atoms with Crippen molar-refractivity contribution in [2.24, 2.45) is 5.41 Å². The lowest BCUT2D eigenvalue weighted by atomic mass is 9.74. The van der Waals surface area contributed by atoms with Gasteiger partial charge in [0.2, 0.25) is 0 Å². The first-order valence-electron chi connectivity index (χ1n) is 11.3. The van der Waals surface area contributed by atoms with Gasteiger partial charge < -0.3 is 14.7 Å². The topological polar surface area (TPSA) is 83.0 Å². The largest absolute Gasteiger partial charge is 0.480 e. The Morgan fingerprint density at radius 1 is 1.18 bits per heavy atom. The molecule has 0 bridgehead atoms. The molecule has 0 radical (unpaired) electrons. The Bertz CT molecular complexity index is 1060. The number of anilines is 1. The van der Waals surface area contributed by atoms with E-state index in [0.717, 1.165) is 30.0 Å². The molecule has 2 aliphatic rings. The van der Waals surface area contributed by atoms with E-state index >= 15 is 0 Å². The molecule has 2 aromatic rings. The Morgan fingerprint density at radius 3 is 2.55 bits per heavy atom. The number of Topliss-reactive ketones (excluding diaryl/α,β-unsaturated/α-hetero) is 1. The van der Waals surface area contributed by atoms with E-state index < -0.39 is 17.4 Å². The SMILES string of the molecule is Cc1ccc(C2C(=Cc3cccc(N4CCOCC4)n3)C(=O)C(C)(C)CN2CC(=O)O)cc1. The smallest absolute Gasteiger partial charge is 0.317 e. The summed E-state index contributed by atoms with van der Waals surface area (Å²) >= 11 is 0. The molecule has 0 saturated carbocycles. The second-order valence-corrected chi connectivity index (χ2v) is 9.44. The number of rotatable bonds is 5. The predicted octanol–water partition coefficient (Wildman–Crippen LogP) is 3.35. The van der Waals surface area contributed by atoms with Crippen molar-refractivity contribution >= 4 is 23.6 Å². The second-order valence-electron chi connectivity index (χ2n) is 9.44. The highest BCUT2D eigenvalue weighted by atomic mass is 16.5. The first kappa shape index (κ1) is 23.1. The molecule has 1 unspecified atom stereocenters. The molecule has 0 aliphatic carbocycles. The number of aryl methyl sites for hydroxylation is 1. The number of hydrogen-bond acceptors (Lipinski definition) is 6. The standard InChI is InChI=1S/C26H31N3O4/c1-18-7-9-19(10-8-18)24-21(25(32)26(2,3)17-29(24)16-23(30)31)15-20-5-4-6-22(27-20)28-11-13-33-14-12-28/h4-10,15,24H,11-14,16-17H2,1-3H3,(H,30,31). The third-order valence-corrected chi connectivity index (χ3v) is 6.26. The molecule has 0 amide bonds. The first-order valence-corrected chi connectivity index (χ1v) is 11.3. The number of ether oxygens (including phenoxy) is 1. The number of aliphatic carboxylic acids is 1. The van der Waals surface area contributed by atoms with Gasteiger partial charge in [-0.3, -0.25) is 14.5 Å². The molecule has 0 spiro atoms. The average Bonchev–Trinajstić information content (AvgIpc) is 2.78. The van der Waals surface area contributed by atoms with Crippen LogP contribution in [0.2, 0.25) is 0 Å². The molecular formula is C26H31N3O4. The van der Waals surface area contributed by atoms with Crippen LogP contribution in [0, 0.1) is 12.3 Å². The number of carbonyl (C=O) groups excluding carboxylic acids is 1. The van der Waals surface area contributed by atoms with Crippen LogP contribution in [-0.4, -0.2) is 66.1 Å². The maximum Gasteiger partial charge on any atom is 0.317 e. The lowest BCUT2D eigenvalue weighted by molar-refractivity contribution is -0.141. The van der Waals surface area contributed by atoms with Crippen LogP contribution >= 0.6 is 0 Å². The zero-order valence-corrected chi connectivity index (χ0v) is 19.5. The van der Waals surface area contributed by atoms with Crippen LogP contribution in [0.3, 0.4) is 0 Å². The summed E-state index contributed by atoms with van der Waals surface area (Å²) in [6.07, 6.45) is 1.84. The van der Waals surface area contributed by atoms with E-state index in [-0.39, 0.29) is 12.3 Å². The van der Waals surface area contributed by atoms with Crippen molar-refractivity contribution in [1.82, 2.24) is 9.88 Å². The Kier molecular flexibility index (Phi) is 6.63. The molecule has 2 fully saturated rings. The summed E-state index contributed by atoms with van der Waals surface area (Å²) in [6, 6.07) is 13.3. The van der Waals surface area contributed by atoms with Crippen molar-refractivity contribution in [3.05, 3.63) is 64.9 Å². The van der Waals surface area contributed by atoms with Gasteiger partial charge in [0, 0.05) is 30.6 Å². The highest BCUT2D eigenvalue weighted by molar-refractivity contribution is 6.05. The van der Waals surface area contributed by atoms with Gasteiger partial charge in [-0.05, 0) is 30.7 Å². The van der Waals surface area contributed by atoms with Crippen LogP contribution in [0.15, 0.2) is 48.0 Å². The zero-order valence-electron chi connectivity index (χ0n) is 19.5. The Morgan fingerprint density at radius 2 is 1.88 bits per heavy atom. The third kappa shape index (κ3) is 5.15. The van der Waals surface area contributed by atoms with Crippen LogP contribution in [0.25, 0.3) is 6.08 Å². The summed E-state index contributed by atoms with van der Waals surface area (Å²) < 4.78 is 5.45. The summed E-state index contributed by atoms with van der Waals surface area (Å²) in [7, 11) is 0. The lowest BCUT2D eigenvalue weighted by Gasteiger charge is -2.43. The fourth-order valence-electron chi connectivity index (χ4n) is 4.63. The molecule has 2 saturated heterocycles. The molecule has 7 heteroatoms. The fraction of sp³-hybridized carbons (Fsp3) is 0.423. The van der Waals surface area contributed by atoms with Gasteiger partial charge >= 0.3 is 5.97 Å². The van der Waals surface area contributed by atoms with Gasteiger partial charge in [0.1, 0.15) is 5.82 Å². The quantitative estimate of drug-likeness (QED) is 0.701. The molecule has 2 aliphatic heterocycles. The number of carboxylic acid groups (broad SMARTS) is 1. The van der Waals surface area contributed by atoms with Crippen LogP contribution in [0.4, 0.5) is 5.82 Å². The summed E-state index contributed by atoms with van der Waals surface area (Å²) in [6.45, 7) is 8.87. The number of morpholine rings is 1. The average molecular weight is 450 g/mol. The highest BCUT2D eigenvalue weighted by Gasteiger charge is 2.44. The molecular weight excluding hydrogens is 418 g/mol. The highest BCUT2D eigenvalue weighted by Crippen LogP contribution is 2.41. The summed E-state index contributed by atoms with van der Waals surface area (Å²) in [4.78, 5) is 34.2. The van der Waals surface area contributed by atoms with E-state index in [1.165, 1.54) is 0 Å². The third-order valence-electron chi connectivity index (χ3n) is 6.26. The van der Waals surface area contributed by atoms with Gasteiger partial charge in [0.05, 0.1) is 31.5 Å². The van der Waals surface area contributed by atoms with Crippen LogP contribution in [-0.2, 0) is 14.3 Å². The minimum Gasteiger partial charge on any atom is -0.480 e. The maximum absolute atomic E-state index is 13.6. The van der Waals surface area contributed by atoms with Crippen molar-refractivity contribution in [2.45, 2.75) is 26.8 Å². The molecule has 4 rings (SSSR count). The van der Waals surface area contributed by atoms with E-state index in [0.29, 0.717) is 31.0 Å². The van der Waals surface area contributed by atoms with Gasteiger partial charge in [0.25, 0.3) is 0 Å². The molecule has 7 nitrogen and oxygen atoms in total. The zero-order chi connectivity index (χ0) is 23.6. The number of benzene rings is 1. The first-order chi connectivity index (χ1) is 15.7. The number of ketones is 1. The van der Waals surface area contributed by atoms with Crippen molar-refractivity contribution in [2.75, 3.05) is 44.3 Å². The number of likely N-dealkylation sites (tertiary alicyclic amines) is 1. The van der Waals surface area contributed by atoms with Crippen LogP contribution in [0.1, 0.15) is 36.7 Å². The van der Waals surface area contributed by atoms with E-state index in [1.807, 2.05) is 74.2 Å². The molecule has 33 heavy (non-hydrogen) atoms. The number of carboxylic acids is 1. The fourth-order valence-corrected chi connectivity index (χ4v) is 4.63. The van der Waals surface area contributed by atoms with Crippen LogP contribution in [0.5, 0.6) is 0 Å². The second kappa shape index (κ2) is 9.45. The maximum atomic E-state index is 13.6. The van der Waals surface area contributed by atoms with E-state index in [2.05, 4.69) is 4.90 Å². The van der Waals surface area contributed by atoms with Gasteiger partial charge in [-0.2, -0.15) is 0 Å². The number of piperidine rings is 1. The van der Waals surface area contributed by atoms with E-state index in [1.54, 1.807) is 0 Å². The minimum atomic E-state index is -0.913. The summed E-state index contributed by atoms with van der Waals surface area (Å²) in [5, 5.41) is 9.59. The number of nitrogens with zero attached hydrogens (tertiary/aromatic N) is 3. The Labute approximate surface area is 194 Å². The van der Waals surface area contributed by atoms with Crippen molar-refractivity contribution in [3.63, 3.8) is 0 Å². The van der Waals surface area contributed by atoms with E-state index in [9.17, 15) is 14.7 Å². The molecule has 1 atom stereocenters. The predicted molar refractivity (Wildman–Crippen MR) is 127 cm³/mol. The minimum absolute atomic E-state index is 0.0216. The van der Waals surface area contributed by atoms with Gasteiger partial charge in [-0.1, -0.05) is 49.7 Å². The number of carbonyl (C=O) groups is 2. The Hall–Kier alpha value is -3.03. The van der Waals surface area contributed by atoms with Gasteiger partial charge in [0.15, 0.2) is 5.78 Å². The molecule has 1 N–H and O–H groups in total. The van der Waals surface area contributed by atoms with Crippen molar-refractivity contribution < 1.29 is 19.4 Å². The number of hydrogen-bond donors (Lipinski definition) is 1. The van der Waals surface area contributed by atoms with Crippen molar-refractivity contribution in [3.8, 4) is 0 Å². The number of aromatic nitrogens is 1. The molecule has 1 aromatic carbocycles. The van der Waals surface area contributed by atoms with E-state index in [4.69, 9.17) is 9.72 Å². The van der Waals surface area contributed by atoms with Gasteiger partial charge in [-0.25, -0.2) is 4.98 Å². The number of pyridine rings is 1.